The highest BCUT2D eigenvalue weighted by Gasteiger charge is 2.46. The molecule has 1 aliphatic carbocycles. The van der Waals surface area contributed by atoms with Gasteiger partial charge >= 0.3 is 0 Å². The molecule has 0 spiro atoms. The van der Waals surface area contributed by atoms with Crippen molar-refractivity contribution in [3.8, 4) is 39.3 Å². The van der Waals surface area contributed by atoms with Crippen LogP contribution in [0.2, 0.25) is 0 Å². The van der Waals surface area contributed by atoms with E-state index >= 15 is 4.39 Å². The number of phenols is 1. The van der Waals surface area contributed by atoms with Crippen LogP contribution in [-0.2, 0) is 14.3 Å². The van der Waals surface area contributed by atoms with E-state index in [1.54, 1.807) is 37.7 Å². The van der Waals surface area contributed by atoms with Gasteiger partial charge in [-0.25, -0.2) is 9.97 Å². The van der Waals surface area contributed by atoms with Gasteiger partial charge in [0, 0.05) is 100 Å². The van der Waals surface area contributed by atoms with Crippen LogP contribution < -0.4 is 30.3 Å². The monoisotopic (exact) mass is 1090 g/mol. The molecule has 5 aromatic heterocycles. The number of amides is 2. The number of β-amino-alcohol motifs (C(OH)–C–C–N with tert-alkyl or cyclic N) is 1. The van der Waals surface area contributed by atoms with Crippen molar-refractivity contribution in [1.29, 1.82) is 0 Å². The average Bonchev–Trinajstić information content (AvgIpc) is 4.26. The van der Waals surface area contributed by atoms with Gasteiger partial charge < -0.3 is 54.7 Å². The van der Waals surface area contributed by atoms with Gasteiger partial charge in [-0.05, 0) is 86.5 Å². The number of pyridine rings is 2. The number of aliphatic hydroxyl groups is 1. The number of thiazole rings is 1. The number of anilines is 3. The summed E-state index contributed by atoms with van der Waals surface area (Å²) in [5, 5.41) is 36.6. The maximum atomic E-state index is 16.1. The van der Waals surface area contributed by atoms with Crippen LogP contribution in [0.5, 0.6) is 17.5 Å². The number of para-hydroxylation sites is 1. The Morgan fingerprint density at radius 2 is 1.71 bits per heavy atom. The number of hydrogen-bond donors (Lipinski definition) is 4. The summed E-state index contributed by atoms with van der Waals surface area (Å²) in [4.78, 5) is 50.7. The first-order valence-electron chi connectivity index (χ1n) is 27.1. The van der Waals surface area contributed by atoms with Gasteiger partial charge in [-0.2, -0.15) is 4.39 Å². The standard InChI is InChI=1S/C56H67FN12O8S/c1-31(2)49(56(73)68-29-38(70)22-46(68)54(72)62-32(3)34-9-12-43(60-26-34)52-33(4)61-30-78-52)51-50(57)55(65-77-51)74-20-19-66-17-14-39(15-18-66)75-40-23-41(24-40)76-48-21-35(13-16-59-48)69-36-10-11-37(69)28-67(27-36)45-25-44(63-64-53(45)58)42-7-5-6-8-47(42)71/h5-9,12-13,16,21,25-26,30-32,36-41,46,49,70-71H,10-11,14-15,17-20,22-24,27-29H2,1-4H3,(H2,58,64)(H,62,72)/t32-,36+,37?,38+,40?,41?,46-,49+/m0/s1. The molecule has 11 rings (SSSR count). The van der Waals surface area contributed by atoms with E-state index in [1.165, 1.54) is 16.2 Å². The van der Waals surface area contributed by atoms with Gasteiger partial charge in [0.2, 0.25) is 23.5 Å². The first kappa shape index (κ1) is 53.0. The molecule has 9 heterocycles. The molecule has 4 saturated heterocycles. The molecule has 78 heavy (non-hydrogen) atoms. The second-order valence-corrected chi connectivity index (χ2v) is 22.5. The van der Waals surface area contributed by atoms with Crippen molar-refractivity contribution in [1.82, 2.24) is 45.4 Å². The number of aryl methyl sites for hydroxylation is 1. The predicted octanol–water partition coefficient (Wildman–Crippen LogP) is 6.69. The zero-order chi connectivity index (χ0) is 54.2. The summed E-state index contributed by atoms with van der Waals surface area (Å²) in [6.07, 6.45) is 8.29. The summed E-state index contributed by atoms with van der Waals surface area (Å²) in [6.45, 7) is 11.0. The molecule has 5 fully saturated rings. The maximum Gasteiger partial charge on any atom is 0.291 e. The minimum Gasteiger partial charge on any atom is -0.507 e. The van der Waals surface area contributed by atoms with Crippen molar-refractivity contribution in [2.75, 3.05) is 61.4 Å². The van der Waals surface area contributed by atoms with Crippen molar-refractivity contribution in [2.24, 2.45) is 5.92 Å². The van der Waals surface area contributed by atoms with E-state index in [2.05, 4.69) is 62.5 Å². The summed E-state index contributed by atoms with van der Waals surface area (Å²) in [5.41, 5.74) is 13.7. The molecule has 5 N–H and O–H groups in total. The Bertz CT molecular complexity index is 3060. The third kappa shape index (κ3) is 11.2. The number of nitrogens with one attached hydrogen (secondary N) is 1. The van der Waals surface area contributed by atoms with Crippen molar-refractivity contribution < 1.29 is 42.9 Å². The van der Waals surface area contributed by atoms with Crippen LogP contribution in [0, 0.1) is 18.7 Å². The lowest BCUT2D eigenvalue weighted by molar-refractivity contribution is -0.141. The highest BCUT2D eigenvalue weighted by Crippen LogP contribution is 2.41. The SMILES string of the molecule is Cc1ncsc1-c1ccc([C@H](C)NC(=O)[C@@H]2C[C@@H](O)CN2C(=O)[C@@H](c2onc(OCCN3CCC(OC4CC(Oc5cc(N6C7CC[C@@H]6CN(c6cc(-c8ccccc8O)nnc6N)C7)ccn5)C4)CC3)c2F)C(C)C)cn1. The van der Waals surface area contributed by atoms with Gasteiger partial charge in [0.1, 0.15) is 30.4 Å². The van der Waals surface area contributed by atoms with E-state index in [1.807, 2.05) is 50.4 Å². The van der Waals surface area contributed by atoms with Crippen LogP contribution in [0.3, 0.4) is 0 Å². The van der Waals surface area contributed by atoms with E-state index < -0.39 is 47.7 Å². The average molecular weight is 1090 g/mol. The van der Waals surface area contributed by atoms with E-state index in [0.717, 1.165) is 97.9 Å². The number of nitrogen functional groups attached to an aromatic ring is 1. The first-order chi connectivity index (χ1) is 37.7. The molecule has 2 amide bonds. The van der Waals surface area contributed by atoms with Crippen molar-refractivity contribution in [3.63, 3.8) is 0 Å². The Morgan fingerprint density at radius 1 is 0.923 bits per heavy atom. The summed E-state index contributed by atoms with van der Waals surface area (Å²) < 4.78 is 40.3. The molecule has 1 aromatic carbocycles. The zero-order valence-electron chi connectivity index (χ0n) is 44.3. The number of halogens is 1. The van der Waals surface area contributed by atoms with Crippen LogP contribution in [0.4, 0.5) is 21.6 Å². The Hall–Kier alpha value is -7.01. The van der Waals surface area contributed by atoms with Crippen molar-refractivity contribution in [2.45, 2.75) is 127 Å². The largest absolute Gasteiger partial charge is 0.507 e. The number of fused-ring (bicyclic) bond motifs is 2. The number of rotatable bonds is 18. The highest BCUT2D eigenvalue weighted by molar-refractivity contribution is 7.13. The van der Waals surface area contributed by atoms with Crippen LogP contribution in [0.25, 0.3) is 21.8 Å². The van der Waals surface area contributed by atoms with Crippen LogP contribution in [0.15, 0.2) is 77.0 Å². The second-order valence-electron chi connectivity index (χ2n) is 21.7. The molecule has 22 heteroatoms. The number of nitrogens with zero attached hydrogens (tertiary/aromatic N) is 10. The fraction of sp³-hybridized carbons (Fsp3) is 0.500. The van der Waals surface area contributed by atoms with E-state index in [4.69, 9.17) is 24.5 Å². The lowest BCUT2D eigenvalue weighted by Crippen LogP contribution is -2.54. The molecule has 6 atom stereocenters. The van der Waals surface area contributed by atoms with Gasteiger partial charge in [0.25, 0.3) is 5.88 Å². The Morgan fingerprint density at radius 3 is 2.42 bits per heavy atom. The first-order valence-corrected chi connectivity index (χ1v) is 28.0. The quantitative estimate of drug-likeness (QED) is 0.0701. The number of hydrogen-bond acceptors (Lipinski definition) is 19. The number of phenolic OH excluding ortho intramolecular Hbond substituents is 1. The topological polar surface area (TPSA) is 244 Å². The number of piperidine rings is 1. The van der Waals surface area contributed by atoms with Crippen LogP contribution >= 0.6 is 11.3 Å². The molecule has 5 aliphatic rings. The molecule has 2 bridgehead atoms. The number of aliphatic hydroxyl groups excluding tert-OH is 1. The Balaban J connectivity index is 0.610. The minimum atomic E-state index is -1.11. The molecular weight excluding hydrogens is 1020 g/mol. The summed E-state index contributed by atoms with van der Waals surface area (Å²) in [5.74, 6) is -2.82. The van der Waals surface area contributed by atoms with E-state index in [9.17, 15) is 19.8 Å². The molecule has 0 radical (unpaired) electrons. The fourth-order valence-corrected chi connectivity index (χ4v) is 12.6. The van der Waals surface area contributed by atoms with Gasteiger partial charge in [-0.1, -0.05) is 32.0 Å². The number of aromatic hydroxyl groups is 1. The number of carbonyl (C=O) groups is 2. The number of nitrogens with two attached hydrogens (primary N) is 1. The Kier molecular flexibility index (Phi) is 15.5. The number of aromatic nitrogens is 6. The lowest BCUT2D eigenvalue weighted by Gasteiger charge is -2.43. The van der Waals surface area contributed by atoms with Crippen LogP contribution in [0.1, 0.15) is 94.7 Å². The predicted molar refractivity (Wildman–Crippen MR) is 290 cm³/mol. The molecule has 412 valence electrons. The minimum absolute atomic E-state index is 0.0220. The van der Waals surface area contributed by atoms with Crippen molar-refractivity contribution >= 4 is 40.3 Å². The number of likely N-dealkylation sites (tertiary alicyclic amines) is 2. The Labute approximate surface area is 456 Å². The lowest BCUT2D eigenvalue weighted by atomic mass is 9.91. The van der Waals surface area contributed by atoms with E-state index in [-0.39, 0.29) is 67.4 Å². The number of piperazine rings is 1. The molecule has 6 aromatic rings. The third-order valence-corrected chi connectivity index (χ3v) is 17.0. The summed E-state index contributed by atoms with van der Waals surface area (Å²) in [6, 6.07) is 16.0. The molecular formula is C56H67FN12O8S. The normalized spacial score (nSPS) is 23.3. The number of carbonyl (C=O) groups excluding carboxylic acids is 2. The van der Waals surface area contributed by atoms with Crippen molar-refractivity contribution in [3.05, 3.63) is 95.3 Å². The molecule has 1 saturated carbocycles. The van der Waals surface area contributed by atoms with Gasteiger partial charge in [0.05, 0.1) is 57.5 Å². The van der Waals surface area contributed by atoms with E-state index in [0.29, 0.717) is 29.5 Å². The van der Waals surface area contributed by atoms with Crippen LogP contribution in [-0.4, -0.2) is 151 Å². The van der Waals surface area contributed by atoms with Gasteiger partial charge in [0.15, 0.2) is 11.6 Å². The molecule has 1 unspecified atom stereocenters. The molecule has 4 aliphatic heterocycles. The highest BCUT2D eigenvalue weighted by atomic mass is 32.1. The number of benzene rings is 1. The molecule has 20 nitrogen and oxygen atoms in total. The smallest absolute Gasteiger partial charge is 0.291 e. The third-order valence-electron chi connectivity index (χ3n) is 16.1. The number of ether oxygens (including phenoxy) is 3. The summed E-state index contributed by atoms with van der Waals surface area (Å²) in [7, 11) is 0. The van der Waals surface area contributed by atoms with Gasteiger partial charge in [-0.3, -0.25) is 19.5 Å². The maximum absolute atomic E-state index is 16.1. The second kappa shape index (κ2) is 22.8. The van der Waals surface area contributed by atoms with Gasteiger partial charge in [-0.15, -0.1) is 21.5 Å². The zero-order valence-corrected chi connectivity index (χ0v) is 45.1. The fourth-order valence-electron chi connectivity index (χ4n) is 11.8. The summed E-state index contributed by atoms with van der Waals surface area (Å²) >= 11 is 1.51.